The molecule has 3 N–H and O–H groups in total. The fourth-order valence-electron chi connectivity index (χ4n) is 1.90. The molecule has 0 bridgehead atoms. The summed E-state index contributed by atoms with van der Waals surface area (Å²) in [4.78, 5) is 11.2. The summed E-state index contributed by atoms with van der Waals surface area (Å²) < 4.78 is 6.61. The van der Waals surface area contributed by atoms with Crippen LogP contribution >= 0.6 is 15.9 Å². The van der Waals surface area contributed by atoms with Gasteiger partial charge in [-0.2, -0.15) is 0 Å². The van der Waals surface area contributed by atoms with E-state index in [9.17, 15) is 9.90 Å². The van der Waals surface area contributed by atoms with E-state index in [1.807, 2.05) is 26.0 Å². The normalized spacial score (nSPS) is 13.8. The summed E-state index contributed by atoms with van der Waals surface area (Å²) in [5, 5.41) is 9.18. The number of ether oxygens (including phenoxy) is 1. The van der Waals surface area contributed by atoms with Crippen LogP contribution in [0.3, 0.4) is 0 Å². The van der Waals surface area contributed by atoms with Crippen LogP contribution < -0.4 is 10.5 Å². The molecule has 1 rings (SSSR count). The van der Waals surface area contributed by atoms with Crippen LogP contribution in [0.4, 0.5) is 0 Å². The lowest BCUT2D eigenvalue weighted by Crippen LogP contribution is -2.28. The third-order valence-electron chi connectivity index (χ3n) is 3.12. The average molecular weight is 344 g/mol. The summed E-state index contributed by atoms with van der Waals surface area (Å²) in [6, 6.07) is 5.63. The maximum absolute atomic E-state index is 11.2. The fourth-order valence-corrected chi connectivity index (χ4v) is 2.31. The smallest absolute Gasteiger partial charge is 0.344 e. The van der Waals surface area contributed by atoms with E-state index >= 15 is 0 Å². The number of nitrogens with two attached hydrogens (primary N) is 1. The first kappa shape index (κ1) is 17.0. The molecule has 0 radical (unpaired) electrons. The highest BCUT2D eigenvalue weighted by atomic mass is 79.9. The molecule has 0 saturated heterocycles. The van der Waals surface area contributed by atoms with Crippen molar-refractivity contribution in [3.05, 3.63) is 28.2 Å². The van der Waals surface area contributed by atoms with Gasteiger partial charge < -0.3 is 15.6 Å². The molecule has 2 atom stereocenters. The molecule has 0 heterocycles. The van der Waals surface area contributed by atoms with E-state index in [1.165, 1.54) is 0 Å². The third kappa shape index (κ3) is 5.13. The Bertz CT molecular complexity index is 451. The van der Waals surface area contributed by atoms with Gasteiger partial charge in [0, 0.05) is 10.5 Å². The van der Waals surface area contributed by atoms with E-state index in [4.69, 9.17) is 10.5 Å². The van der Waals surface area contributed by atoms with Gasteiger partial charge in [-0.1, -0.05) is 36.2 Å². The number of hydrogen-bond acceptors (Lipinski definition) is 3. The molecule has 4 nitrogen and oxygen atoms in total. The van der Waals surface area contributed by atoms with E-state index in [2.05, 4.69) is 15.9 Å². The largest absolute Gasteiger partial charge is 0.479 e. The van der Waals surface area contributed by atoms with Gasteiger partial charge in [-0.15, -0.1) is 0 Å². The Kier molecular flexibility index (Phi) is 7.02. The SMILES string of the molecule is CCCC(Oc1ccc(Br)cc1CC(N)CC)C(=O)O. The second-order valence-corrected chi connectivity index (χ2v) is 5.77. The topological polar surface area (TPSA) is 72.5 Å². The van der Waals surface area contributed by atoms with Crippen LogP contribution in [0, 0.1) is 0 Å². The molecule has 0 fully saturated rings. The van der Waals surface area contributed by atoms with Crippen molar-refractivity contribution in [2.24, 2.45) is 5.73 Å². The van der Waals surface area contributed by atoms with Crippen molar-refractivity contribution >= 4 is 21.9 Å². The summed E-state index contributed by atoms with van der Waals surface area (Å²) in [6.07, 6.45) is 1.98. The number of rotatable bonds is 8. The van der Waals surface area contributed by atoms with E-state index in [1.54, 1.807) is 6.07 Å². The van der Waals surface area contributed by atoms with Crippen LogP contribution in [-0.4, -0.2) is 23.2 Å². The maximum atomic E-state index is 11.2. The monoisotopic (exact) mass is 343 g/mol. The van der Waals surface area contributed by atoms with Crippen molar-refractivity contribution < 1.29 is 14.6 Å². The summed E-state index contributed by atoms with van der Waals surface area (Å²) in [7, 11) is 0. The van der Waals surface area contributed by atoms with E-state index in [0.717, 1.165) is 22.9 Å². The van der Waals surface area contributed by atoms with E-state index in [0.29, 0.717) is 18.6 Å². The summed E-state index contributed by atoms with van der Waals surface area (Å²) in [5.41, 5.74) is 6.93. The average Bonchev–Trinajstić information content (AvgIpc) is 2.40. The Balaban J connectivity index is 2.94. The molecular formula is C15H22BrNO3. The number of carboxylic acids is 1. The highest BCUT2D eigenvalue weighted by Gasteiger charge is 2.20. The molecule has 112 valence electrons. The summed E-state index contributed by atoms with van der Waals surface area (Å²) in [6.45, 7) is 3.97. The molecule has 5 heteroatoms. The molecule has 0 aliphatic heterocycles. The molecule has 0 aromatic heterocycles. The zero-order valence-corrected chi connectivity index (χ0v) is 13.5. The second-order valence-electron chi connectivity index (χ2n) is 4.86. The molecule has 0 saturated carbocycles. The first-order valence-electron chi connectivity index (χ1n) is 6.91. The zero-order valence-electron chi connectivity index (χ0n) is 11.9. The Morgan fingerprint density at radius 3 is 2.70 bits per heavy atom. The second kappa shape index (κ2) is 8.27. The summed E-state index contributed by atoms with van der Waals surface area (Å²) in [5.74, 6) is -0.321. The predicted molar refractivity (Wildman–Crippen MR) is 83.1 cm³/mol. The first-order valence-corrected chi connectivity index (χ1v) is 7.70. The Hall–Kier alpha value is -1.07. The zero-order chi connectivity index (χ0) is 15.1. The molecule has 1 aromatic rings. The lowest BCUT2D eigenvalue weighted by atomic mass is 10.0. The molecule has 0 aliphatic carbocycles. The van der Waals surface area contributed by atoms with E-state index < -0.39 is 12.1 Å². The van der Waals surface area contributed by atoms with Crippen molar-refractivity contribution in [2.45, 2.75) is 51.7 Å². The van der Waals surface area contributed by atoms with Crippen LogP contribution in [0.2, 0.25) is 0 Å². The van der Waals surface area contributed by atoms with Crippen LogP contribution in [0.15, 0.2) is 22.7 Å². The number of hydrogen-bond donors (Lipinski definition) is 2. The number of carbonyl (C=O) groups is 1. The summed E-state index contributed by atoms with van der Waals surface area (Å²) >= 11 is 3.42. The molecule has 1 aromatic carbocycles. The minimum absolute atomic E-state index is 0.0427. The van der Waals surface area contributed by atoms with Crippen molar-refractivity contribution in [3.8, 4) is 5.75 Å². The van der Waals surface area contributed by atoms with Gasteiger partial charge in [-0.3, -0.25) is 0 Å². The standard InChI is InChI=1S/C15H22BrNO3/c1-3-5-14(15(18)19)20-13-7-6-11(16)8-10(13)9-12(17)4-2/h6-8,12,14H,3-5,9,17H2,1-2H3,(H,18,19). The van der Waals surface area contributed by atoms with Crippen molar-refractivity contribution in [3.63, 3.8) is 0 Å². The van der Waals surface area contributed by atoms with Gasteiger partial charge in [0.05, 0.1) is 0 Å². The molecule has 0 aliphatic rings. The van der Waals surface area contributed by atoms with Gasteiger partial charge in [-0.05, 0) is 43.0 Å². The van der Waals surface area contributed by atoms with Gasteiger partial charge in [0.15, 0.2) is 6.10 Å². The minimum atomic E-state index is -0.930. The molecular weight excluding hydrogens is 322 g/mol. The quantitative estimate of drug-likeness (QED) is 0.758. The molecule has 0 amide bonds. The van der Waals surface area contributed by atoms with Crippen LogP contribution in [0.25, 0.3) is 0 Å². The Morgan fingerprint density at radius 1 is 1.45 bits per heavy atom. The molecule has 20 heavy (non-hydrogen) atoms. The van der Waals surface area contributed by atoms with Crippen molar-refractivity contribution in [1.82, 2.24) is 0 Å². The van der Waals surface area contributed by atoms with Crippen molar-refractivity contribution in [2.75, 3.05) is 0 Å². The van der Waals surface area contributed by atoms with Gasteiger partial charge in [-0.25, -0.2) is 4.79 Å². The Labute approximate surface area is 128 Å². The van der Waals surface area contributed by atoms with Gasteiger partial charge >= 0.3 is 5.97 Å². The number of benzene rings is 1. The van der Waals surface area contributed by atoms with Gasteiger partial charge in [0.25, 0.3) is 0 Å². The maximum Gasteiger partial charge on any atom is 0.344 e. The number of aliphatic carboxylic acids is 1. The number of halogens is 1. The predicted octanol–water partition coefficient (Wildman–Crippen LogP) is 3.36. The number of carboxylic acid groups (broad SMARTS) is 1. The first-order chi connectivity index (χ1) is 9.47. The molecule has 2 unspecified atom stereocenters. The van der Waals surface area contributed by atoms with Crippen LogP contribution in [0.1, 0.15) is 38.7 Å². The van der Waals surface area contributed by atoms with Gasteiger partial charge in [0.1, 0.15) is 5.75 Å². The highest BCUT2D eigenvalue weighted by molar-refractivity contribution is 9.10. The molecule has 0 spiro atoms. The highest BCUT2D eigenvalue weighted by Crippen LogP contribution is 2.26. The van der Waals surface area contributed by atoms with E-state index in [-0.39, 0.29) is 6.04 Å². The van der Waals surface area contributed by atoms with Crippen molar-refractivity contribution in [1.29, 1.82) is 0 Å². The van der Waals surface area contributed by atoms with Crippen LogP contribution in [0.5, 0.6) is 5.75 Å². The third-order valence-corrected chi connectivity index (χ3v) is 3.62. The lowest BCUT2D eigenvalue weighted by Gasteiger charge is -2.19. The van der Waals surface area contributed by atoms with Gasteiger partial charge in [0.2, 0.25) is 0 Å². The van der Waals surface area contributed by atoms with Crippen LogP contribution in [-0.2, 0) is 11.2 Å². The lowest BCUT2D eigenvalue weighted by molar-refractivity contribution is -0.145. The Morgan fingerprint density at radius 2 is 2.15 bits per heavy atom. The minimum Gasteiger partial charge on any atom is -0.479 e. The fraction of sp³-hybridized carbons (Fsp3) is 0.533.